The fraction of sp³-hybridized carbons (Fsp3) is 0.333. The van der Waals surface area contributed by atoms with E-state index in [9.17, 15) is 4.79 Å². The monoisotopic (exact) mass is 405 g/mol. The van der Waals surface area contributed by atoms with Crippen LogP contribution < -0.4 is 14.8 Å². The zero-order valence-electron chi connectivity index (χ0n) is 17.5. The van der Waals surface area contributed by atoms with E-state index in [0.29, 0.717) is 12.8 Å². The maximum absolute atomic E-state index is 12.4. The number of hydrogen-bond acceptors (Lipinski definition) is 4. The van der Waals surface area contributed by atoms with Crippen LogP contribution in [0.25, 0.3) is 11.4 Å². The summed E-state index contributed by atoms with van der Waals surface area (Å²) in [6.45, 7) is 1.03. The van der Waals surface area contributed by atoms with E-state index in [1.807, 2.05) is 48.7 Å². The summed E-state index contributed by atoms with van der Waals surface area (Å²) in [6.07, 6.45) is 6.50. The van der Waals surface area contributed by atoms with Crippen molar-refractivity contribution >= 4 is 11.6 Å². The van der Waals surface area contributed by atoms with Crippen molar-refractivity contribution in [1.82, 2.24) is 9.55 Å². The predicted molar refractivity (Wildman–Crippen MR) is 117 cm³/mol. The molecular weight excluding hydrogens is 378 g/mol. The number of hydrogen-bond donors (Lipinski definition) is 1. The molecule has 3 aromatic rings. The average molecular weight is 405 g/mol. The van der Waals surface area contributed by atoms with Crippen molar-refractivity contribution in [1.29, 1.82) is 0 Å². The third-order valence-corrected chi connectivity index (χ3v) is 5.48. The van der Waals surface area contributed by atoms with Gasteiger partial charge in [0.25, 0.3) is 0 Å². The molecule has 2 aromatic carbocycles. The Kier molecular flexibility index (Phi) is 6.02. The second kappa shape index (κ2) is 9.03. The van der Waals surface area contributed by atoms with E-state index >= 15 is 0 Å². The molecule has 1 amide bonds. The molecule has 156 valence electrons. The number of carbonyl (C=O) groups is 1. The van der Waals surface area contributed by atoms with Gasteiger partial charge in [-0.05, 0) is 67.6 Å². The molecule has 1 aliphatic rings. The van der Waals surface area contributed by atoms with Gasteiger partial charge in [0.05, 0.1) is 14.2 Å². The Morgan fingerprint density at radius 1 is 1.07 bits per heavy atom. The first kappa shape index (κ1) is 20.0. The molecule has 6 heteroatoms. The van der Waals surface area contributed by atoms with Crippen LogP contribution in [0.3, 0.4) is 0 Å². The minimum atomic E-state index is -0.0253. The molecule has 1 N–H and O–H groups in total. The van der Waals surface area contributed by atoms with Crippen LogP contribution in [0.1, 0.15) is 30.5 Å². The summed E-state index contributed by atoms with van der Waals surface area (Å²) in [6, 6.07) is 13.6. The first-order chi connectivity index (χ1) is 14.7. The summed E-state index contributed by atoms with van der Waals surface area (Å²) in [5.74, 6) is 2.43. The van der Waals surface area contributed by atoms with Crippen LogP contribution in [0, 0.1) is 0 Å². The molecule has 0 radical (unpaired) electrons. The van der Waals surface area contributed by atoms with Gasteiger partial charge < -0.3 is 19.4 Å². The zero-order valence-corrected chi connectivity index (χ0v) is 17.5. The second-order valence-corrected chi connectivity index (χ2v) is 7.53. The number of aromatic nitrogens is 2. The molecule has 0 unspecified atom stereocenters. The van der Waals surface area contributed by atoms with Crippen molar-refractivity contribution < 1.29 is 14.3 Å². The van der Waals surface area contributed by atoms with E-state index in [4.69, 9.17) is 9.47 Å². The average Bonchev–Trinajstić information content (AvgIpc) is 3.22. The number of amides is 1. The number of nitrogens with one attached hydrogen (secondary N) is 1. The topological polar surface area (TPSA) is 65.4 Å². The van der Waals surface area contributed by atoms with Crippen LogP contribution in [-0.2, 0) is 24.2 Å². The number of ether oxygens (including phenoxy) is 2. The number of carbonyl (C=O) groups excluding carboxylic acids is 1. The van der Waals surface area contributed by atoms with Gasteiger partial charge in [0.1, 0.15) is 17.3 Å². The highest BCUT2D eigenvalue weighted by Gasteiger charge is 2.15. The predicted octanol–water partition coefficient (Wildman–Crippen LogP) is 4.47. The highest BCUT2D eigenvalue weighted by molar-refractivity contribution is 5.91. The van der Waals surface area contributed by atoms with Crippen molar-refractivity contribution in [3.8, 4) is 22.9 Å². The van der Waals surface area contributed by atoms with Gasteiger partial charge in [-0.15, -0.1) is 0 Å². The van der Waals surface area contributed by atoms with E-state index in [1.54, 1.807) is 14.2 Å². The van der Waals surface area contributed by atoms with Gasteiger partial charge in [-0.1, -0.05) is 0 Å². The lowest BCUT2D eigenvalue weighted by atomic mass is 10.1. The second-order valence-electron chi connectivity index (χ2n) is 7.53. The molecule has 0 atom stereocenters. The Morgan fingerprint density at radius 2 is 1.80 bits per heavy atom. The Labute approximate surface area is 176 Å². The van der Waals surface area contributed by atoms with Crippen LogP contribution >= 0.6 is 0 Å². The van der Waals surface area contributed by atoms with Gasteiger partial charge >= 0.3 is 0 Å². The van der Waals surface area contributed by atoms with Crippen LogP contribution in [0.5, 0.6) is 11.5 Å². The SMILES string of the molecule is COc1cc(CCC(=O)Nc2ccc(-c3ncc4n3CCCC4)cc2)cc(OC)c1. The van der Waals surface area contributed by atoms with E-state index < -0.39 is 0 Å². The Hall–Kier alpha value is -3.28. The molecule has 0 aliphatic carbocycles. The van der Waals surface area contributed by atoms with Crippen molar-refractivity contribution in [2.75, 3.05) is 19.5 Å². The summed E-state index contributed by atoms with van der Waals surface area (Å²) < 4.78 is 12.9. The van der Waals surface area contributed by atoms with Crippen LogP contribution in [0.4, 0.5) is 5.69 Å². The lowest BCUT2D eigenvalue weighted by Gasteiger charge is -2.16. The Balaban J connectivity index is 1.37. The summed E-state index contributed by atoms with van der Waals surface area (Å²) in [5, 5.41) is 2.98. The van der Waals surface area contributed by atoms with Crippen molar-refractivity contribution in [3.63, 3.8) is 0 Å². The number of methoxy groups -OCH3 is 2. The first-order valence-corrected chi connectivity index (χ1v) is 10.3. The van der Waals surface area contributed by atoms with Gasteiger partial charge in [-0.3, -0.25) is 4.79 Å². The van der Waals surface area contributed by atoms with Gasteiger partial charge in [-0.2, -0.15) is 0 Å². The number of benzene rings is 2. The minimum Gasteiger partial charge on any atom is -0.497 e. The van der Waals surface area contributed by atoms with Gasteiger partial charge in [-0.25, -0.2) is 4.98 Å². The highest BCUT2D eigenvalue weighted by Crippen LogP contribution is 2.26. The standard InChI is InChI=1S/C24H27N3O3/c1-29-21-13-17(14-22(15-21)30-2)6-11-23(28)26-19-9-7-18(8-10-19)24-25-16-20-5-3-4-12-27(20)24/h7-10,13-16H,3-6,11-12H2,1-2H3,(H,26,28). The minimum absolute atomic E-state index is 0.0253. The molecule has 4 rings (SSSR count). The first-order valence-electron chi connectivity index (χ1n) is 10.3. The molecule has 0 spiro atoms. The fourth-order valence-electron chi connectivity index (χ4n) is 3.86. The zero-order chi connectivity index (χ0) is 20.9. The van der Waals surface area contributed by atoms with Gasteiger partial charge in [0.2, 0.25) is 5.91 Å². The maximum Gasteiger partial charge on any atom is 0.224 e. The number of rotatable bonds is 7. The molecule has 2 heterocycles. The largest absolute Gasteiger partial charge is 0.497 e. The molecule has 1 aliphatic heterocycles. The van der Waals surface area contributed by atoms with E-state index in [1.165, 1.54) is 18.5 Å². The number of nitrogens with zero attached hydrogens (tertiary/aromatic N) is 2. The third kappa shape index (κ3) is 4.48. The normalized spacial score (nSPS) is 12.9. The molecule has 30 heavy (non-hydrogen) atoms. The van der Waals surface area contributed by atoms with Crippen LogP contribution in [0.2, 0.25) is 0 Å². The van der Waals surface area contributed by atoms with E-state index in [0.717, 1.165) is 47.1 Å². The Bertz CT molecular complexity index is 1000. The lowest BCUT2D eigenvalue weighted by Crippen LogP contribution is -2.12. The van der Waals surface area contributed by atoms with E-state index in [-0.39, 0.29) is 5.91 Å². The van der Waals surface area contributed by atoms with Crippen molar-refractivity contribution in [2.24, 2.45) is 0 Å². The summed E-state index contributed by atoms with van der Waals surface area (Å²) >= 11 is 0. The van der Waals surface area contributed by atoms with Crippen molar-refractivity contribution in [2.45, 2.75) is 38.6 Å². The number of anilines is 1. The van der Waals surface area contributed by atoms with Gasteiger partial charge in [0.15, 0.2) is 0 Å². The Morgan fingerprint density at radius 3 is 2.50 bits per heavy atom. The van der Waals surface area contributed by atoms with Crippen molar-refractivity contribution in [3.05, 3.63) is 59.9 Å². The summed E-state index contributed by atoms with van der Waals surface area (Å²) in [4.78, 5) is 17.0. The van der Waals surface area contributed by atoms with E-state index in [2.05, 4.69) is 14.9 Å². The number of aryl methyl sites for hydroxylation is 2. The molecule has 6 nitrogen and oxygen atoms in total. The molecule has 0 fully saturated rings. The smallest absolute Gasteiger partial charge is 0.224 e. The lowest BCUT2D eigenvalue weighted by molar-refractivity contribution is -0.116. The quantitative estimate of drug-likeness (QED) is 0.630. The summed E-state index contributed by atoms with van der Waals surface area (Å²) in [7, 11) is 3.24. The molecule has 0 bridgehead atoms. The molecular formula is C24H27N3O3. The third-order valence-electron chi connectivity index (χ3n) is 5.48. The van der Waals surface area contributed by atoms with Crippen LogP contribution in [0.15, 0.2) is 48.7 Å². The number of imidazole rings is 1. The molecule has 1 aromatic heterocycles. The summed E-state index contributed by atoms with van der Waals surface area (Å²) in [5.41, 5.74) is 4.17. The maximum atomic E-state index is 12.4. The van der Waals surface area contributed by atoms with Crippen LogP contribution in [-0.4, -0.2) is 29.7 Å². The highest BCUT2D eigenvalue weighted by atomic mass is 16.5. The fourth-order valence-corrected chi connectivity index (χ4v) is 3.86. The van der Waals surface area contributed by atoms with Gasteiger partial charge in [0, 0.05) is 42.2 Å². The molecule has 0 saturated carbocycles. The number of fused-ring (bicyclic) bond motifs is 1. The molecule has 0 saturated heterocycles.